The molecule has 3 aromatic rings. The van der Waals surface area contributed by atoms with Gasteiger partial charge in [-0.05, 0) is 40.6 Å². The first-order chi connectivity index (χ1) is 12.2. The van der Waals surface area contributed by atoms with E-state index in [2.05, 4.69) is 11.8 Å². The highest BCUT2D eigenvalue weighted by Gasteiger charge is 2.14. The first-order valence-corrected chi connectivity index (χ1v) is 7.75. The summed E-state index contributed by atoms with van der Waals surface area (Å²) in [5.74, 6) is 5.22. The third kappa shape index (κ3) is 3.70. The predicted octanol–water partition coefficient (Wildman–Crippen LogP) is 4.31. The Morgan fingerprint density at radius 1 is 0.960 bits per heavy atom. The van der Waals surface area contributed by atoms with Gasteiger partial charge in [-0.3, -0.25) is 0 Å². The van der Waals surface area contributed by atoms with Crippen molar-refractivity contribution in [2.75, 3.05) is 7.11 Å². The SMILES string of the molecule is COC=C(C(=O)O)c1cccc2ccc(C#Cc3ccccc3)cc12. The van der Waals surface area contributed by atoms with Gasteiger partial charge in [0.1, 0.15) is 5.57 Å². The van der Waals surface area contributed by atoms with Crippen LogP contribution in [0.15, 0.2) is 73.0 Å². The number of fused-ring (bicyclic) bond motifs is 1. The molecule has 3 nitrogen and oxygen atoms in total. The van der Waals surface area contributed by atoms with Crippen molar-refractivity contribution < 1.29 is 14.6 Å². The molecule has 0 spiro atoms. The zero-order chi connectivity index (χ0) is 17.6. The van der Waals surface area contributed by atoms with Crippen LogP contribution in [0.25, 0.3) is 16.3 Å². The predicted molar refractivity (Wildman–Crippen MR) is 99.0 cm³/mol. The molecule has 0 amide bonds. The molecule has 0 fully saturated rings. The zero-order valence-electron chi connectivity index (χ0n) is 13.7. The molecule has 0 heterocycles. The molecule has 3 rings (SSSR count). The van der Waals surface area contributed by atoms with Gasteiger partial charge in [0.25, 0.3) is 0 Å². The molecule has 0 aliphatic heterocycles. The molecule has 0 radical (unpaired) electrons. The Hall–Kier alpha value is -3.51. The highest BCUT2D eigenvalue weighted by molar-refractivity contribution is 6.19. The molecule has 3 heteroatoms. The van der Waals surface area contributed by atoms with Crippen LogP contribution in [0.1, 0.15) is 16.7 Å². The minimum atomic E-state index is -1.03. The van der Waals surface area contributed by atoms with Gasteiger partial charge in [-0.2, -0.15) is 0 Å². The van der Waals surface area contributed by atoms with E-state index in [1.54, 1.807) is 6.07 Å². The Bertz CT molecular complexity index is 1010. The van der Waals surface area contributed by atoms with Gasteiger partial charge in [0.15, 0.2) is 0 Å². The van der Waals surface area contributed by atoms with Crippen molar-refractivity contribution in [3.63, 3.8) is 0 Å². The van der Waals surface area contributed by atoms with Crippen molar-refractivity contribution in [2.24, 2.45) is 0 Å². The highest BCUT2D eigenvalue weighted by atomic mass is 16.5. The topological polar surface area (TPSA) is 46.5 Å². The lowest BCUT2D eigenvalue weighted by Gasteiger charge is -2.08. The van der Waals surface area contributed by atoms with Gasteiger partial charge in [-0.15, -0.1) is 0 Å². The Balaban J connectivity index is 2.11. The van der Waals surface area contributed by atoms with Gasteiger partial charge in [0, 0.05) is 11.1 Å². The van der Waals surface area contributed by atoms with Crippen molar-refractivity contribution in [2.45, 2.75) is 0 Å². The molecule has 122 valence electrons. The van der Waals surface area contributed by atoms with E-state index in [4.69, 9.17) is 4.74 Å². The largest absolute Gasteiger partial charge is 0.503 e. The second-order valence-corrected chi connectivity index (χ2v) is 5.43. The summed E-state index contributed by atoms with van der Waals surface area (Å²) in [6.07, 6.45) is 1.25. The lowest BCUT2D eigenvalue weighted by molar-refractivity contribution is -0.130. The standard InChI is InChI=1S/C22H16O3/c1-25-15-21(22(23)24)19-9-5-8-18-13-12-17(14-20(18)19)11-10-16-6-3-2-4-7-16/h2-9,12-15H,1H3,(H,23,24). The Morgan fingerprint density at radius 2 is 1.72 bits per heavy atom. The number of rotatable bonds is 3. The molecule has 3 aromatic carbocycles. The minimum Gasteiger partial charge on any atom is -0.503 e. The second-order valence-electron chi connectivity index (χ2n) is 5.43. The quantitative estimate of drug-likeness (QED) is 0.443. The highest BCUT2D eigenvalue weighted by Crippen LogP contribution is 2.26. The van der Waals surface area contributed by atoms with Crippen LogP contribution >= 0.6 is 0 Å². The number of ether oxygens (including phenoxy) is 1. The second kappa shape index (κ2) is 7.37. The number of hydrogen-bond acceptors (Lipinski definition) is 2. The number of aliphatic carboxylic acids is 1. The summed E-state index contributed by atoms with van der Waals surface area (Å²) in [6, 6.07) is 21.1. The number of hydrogen-bond donors (Lipinski definition) is 1. The first kappa shape index (κ1) is 16.4. The molecular weight excluding hydrogens is 312 g/mol. The minimum absolute atomic E-state index is 0.112. The molecule has 0 saturated heterocycles. The summed E-state index contributed by atoms with van der Waals surface area (Å²) in [5, 5.41) is 11.2. The maximum absolute atomic E-state index is 11.6. The first-order valence-electron chi connectivity index (χ1n) is 7.75. The Labute approximate surface area is 146 Å². The van der Waals surface area contributed by atoms with Crippen molar-refractivity contribution in [3.05, 3.63) is 89.7 Å². The monoisotopic (exact) mass is 328 g/mol. The Morgan fingerprint density at radius 3 is 2.44 bits per heavy atom. The molecule has 0 aliphatic rings. The van der Waals surface area contributed by atoms with Crippen LogP contribution in [0.2, 0.25) is 0 Å². The summed E-state index contributed by atoms with van der Waals surface area (Å²) in [5.41, 5.74) is 2.48. The number of carboxylic acids is 1. The lowest BCUT2D eigenvalue weighted by Crippen LogP contribution is -2.01. The summed E-state index contributed by atoms with van der Waals surface area (Å²) in [4.78, 5) is 11.6. The molecule has 0 aliphatic carbocycles. The van der Waals surface area contributed by atoms with E-state index < -0.39 is 5.97 Å². The third-order valence-corrected chi connectivity index (χ3v) is 3.76. The third-order valence-electron chi connectivity index (χ3n) is 3.76. The zero-order valence-corrected chi connectivity index (χ0v) is 13.7. The van der Waals surface area contributed by atoms with Crippen LogP contribution in [0.4, 0.5) is 0 Å². The van der Waals surface area contributed by atoms with E-state index in [0.717, 1.165) is 21.9 Å². The average Bonchev–Trinajstić information content (AvgIpc) is 2.64. The maximum atomic E-state index is 11.6. The summed E-state index contributed by atoms with van der Waals surface area (Å²) < 4.78 is 4.93. The fourth-order valence-electron chi connectivity index (χ4n) is 2.60. The van der Waals surface area contributed by atoms with Crippen LogP contribution in [-0.4, -0.2) is 18.2 Å². The van der Waals surface area contributed by atoms with Crippen molar-refractivity contribution in [1.82, 2.24) is 0 Å². The summed E-state index contributed by atoms with van der Waals surface area (Å²) >= 11 is 0. The Kier molecular flexibility index (Phi) is 4.82. The summed E-state index contributed by atoms with van der Waals surface area (Å²) in [7, 11) is 1.44. The van der Waals surface area contributed by atoms with Gasteiger partial charge >= 0.3 is 5.97 Å². The van der Waals surface area contributed by atoms with Gasteiger partial charge < -0.3 is 9.84 Å². The van der Waals surface area contributed by atoms with E-state index in [0.29, 0.717) is 5.56 Å². The fraction of sp³-hybridized carbons (Fsp3) is 0.0455. The molecule has 1 N–H and O–H groups in total. The fourth-order valence-corrected chi connectivity index (χ4v) is 2.60. The van der Waals surface area contributed by atoms with Crippen LogP contribution < -0.4 is 0 Å². The smallest absolute Gasteiger partial charge is 0.339 e. The summed E-state index contributed by atoms with van der Waals surface area (Å²) in [6.45, 7) is 0. The maximum Gasteiger partial charge on any atom is 0.339 e. The molecule has 25 heavy (non-hydrogen) atoms. The van der Waals surface area contributed by atoms with Gasteiger partial charge in [0.05, 0.1) is 13.4 Å². The van der Waals surface area contributed by atoms with E-state index in [1.165, 1.54) is 13.4 Å². The van der Waals surface area contributed by atoms with Crippen LogP contribution in [0, 0.1) is 11.8 Å². The average molecular weight is 328 g/mol. The number of carbonyl (C=O) groups is 1. The lowest BCUT2D eigenvalue weighted by atomic mass is 9.97. The molecule has 0 unspecified atom stereocenters. The van der Waals surface area contributed by atoms with Crippen molar-refractivity contribution in [1.29, 1.82) is 0 Å². The van der Waals surface area contributed by atoms with Crippen LogP contribution in [0.3, 0.4) is 0 Å². The normalized spacial score (nSPS) is 10.8. The van der Waals surface area contributed by atoms with E-state index in [1.807, 2.05) is 60.7 Å². The van der Waals surface area contributed by atoms with Crippen molar-refractivity contribution in [3.8, 4) is 11.8 Å². The molecule has 0 saturated carbocycles. The van der Waals surface area contributed by atoms with Crippen molar-refractivity contribution >= 4 is 22.3 Å². The molecule has 0 atom stereocenters. The molecule has 0 aromatic heterocycles. The van der Waals surface area contributed by atoms with E-state index in [-0.39, 0.29) is 5.57 Å². The van der Waals surface area contributed by atoms with Gasteiger partial charge in [-0.25, -0.2) is 4.79 Å². The van der Waals surface area contributed by atoms with E-state index >= 15 is 0 Å². The van der Waals surface area contributed by atoms with Gasteiger partial charge in [0.2, 0.25) is 0 Å². The van der Waals surface area contributed by atoms with E-state index in [9.17, 15) is 9.90 Å². The van der Waals surface area contributed by atoms with Crippen LogP contribution in [0.5, 0.6) is 0 Å². The van der Waals surface area contributed by atoms with Gasteiger partial charge in [-0.1, -0.05) is 54.3 Å². The molecule has 0 bridgehead atoms. The van der Waals surface area contributed by atoms with Crippen LogP contribution in [-0.2, 0) is 9.53 Å². The number of carboxylic acid groups (broad SMARTS) is 1. The number of benzene rings is 3. The number of methoxy groups -OCH3 is 1. The molecular formula is C22H16O3.